The molecule has 0 aliphatic carbocycles. The lowest BCUT2D eigenvalue weighted by Crippen LogP contribution is -2.42. The molecule has 0 radical (unpaired) electrons. The second-order valence-electron chi connectivity index (χ2n) is 10.6. The van der Waals surface area contributed by atoms with E-state index in [4.69, 9.17) is 20.3 Å². The first-order valence-corrected chi connectivity index (χ1v) is 12.8. The number of carbonyl (C=O) groups excluding carboxylic acids is 1. The lowest BCUT2D eigenvalue weighted by molar-refractivity contribution is -0.137. The van der Waals surface area contributed by atoms with Crippen LogP contribution >= 0.6 is 0 Å². The summed E-state index contributed by atoms with van der Waals surface area (Å²) < 4.78 is 51.6. The summed E-state index contributed by atoms with van der Waals surface area (Å²) in [6.07, 6.45) is -2.01. The Balaban J connectivity index is 1.36. The van der Waals surface area contributed by atoms with Crippen LogP contribution in [0.4, 0.5) is 23.8 Å². The van der Waals surface area contributed by atoms with Crippen LogP contribution in [0.1, 0.15) is 45.2 Å². The topological polar surface area (TPSA) is 108 Å². The van der Waals surface area contributed by atoms with Gasteiger partial charge in [0.25, 0.3) is 0 Å². The summed E-state index contributed by atoms with van der Waals surface area (Å²) in [7, 11) is 0. The Morgan fingerprint density at radius 2 is 1.55 bits per heavy atom. The largest absolute Gasteiger partial charge is 0.457 e. The number of rotatable bonds is 4. The molecule has 5 rings (SSSR count). The van der Waals surface area contributed by atoms with Gasteiger partial charge in [-0.25, -0.2) is 19.4 Å². The van der Waals surface area contributed by atoms with Gasteiger partial charge in [0.05, 0.1) is 17.0 Å². The highest BCUT2D eigenvalue weighted by molar-refractivity contribution is 5.98. The number of alkyl halides is 3. The van der Waals surface area contributed by atoms with Crippen LogP contribution in [0.2, 0.25) is 0 Å². The quantitative estimate of drug-likeness (QED) is 0.308. The molecule has 9 nitrogen and oxygen atoms in total. The first kappa shape index (κ1) is 27.2. The Morgan fingerprint density at radius 3 is 2.12 bits per heavy atom. The third-order valence-electron chi connectivity index (χ3n) is 6.53. The van der Waals surface area contributed by atoms with Crippen LogP contribution in [0.3, 0.4) is 0 Å². The molecule has 0 atom stereocenters. The molecular weight excluding hydrogens is 525 g/mol. The minimum atomic E-state index is -4.41. The maximum Gasteiger partial charge on any atom is 0.416 e. The fraction of sp³-hybridized carbons (Fsp3) is 0.357. The standard InChI is InChI=1S/C28H29F3N6O3/c1-27(2,3)40-26(38)36-14-12-19(13-15-36)37-25-22(24(32)33-16-34-25)23(35-37)17-4-8-20(9-5-17)39-21-10-6-18(7-11-21)28(29,30)31/h4-11,16,19H,12-15H2,1-3H3,(H2,32,33,34). The first-order chi connectivity index (χ1) is 18.9. The fourth-order valence-corrected chi connectivity index (χ4v) is 4.60. The van der Waals surface area contributed by atoms with Gasteiger partial charge in [-0.15, -0.1) is 0 Å². The molecule has 2 N–H and O–H groups in total. The molecule has 210 valence electrons. The van der Waals surface area contributed by atoms with E-state index >= 15 is 0 Å². The van der Waals surface area contributed by atoms with Crippen molar-refractivity contribution in [1.29, 1.82) is 0 Å². The maximum absolute atomic E-state index is 12.8. The Labute approximate surface area is 228 Å². The average Bonchev–Trinajstić information content (AvgIpc) is 3.29. The summed E-state index contributed by atoms with van der Waals surface area (Å²) in [5.74, 6) is 1.03. The number of benzene rings is 2. The highest BCUT2D eigenvalue weighted by Crippen LogP contribution is 2.36. The minimum absolute atomic E-state index is 0.00786. The van der Waals surface area contributed by atoms with E-state index < -0.39 is 17.3 Å². The van der Waals surface area contributed by atoms with Crippen LogP contribution in [-0.2, 0) is 10.9 Å². The van der Waals surface area contributed by atoms with Gasteiger partial charge in [0.1, 0.15) is 34.9 Å². The van der Waals surface area contributed by atoms with Crippen LogP contribution in [0.5, 0.6) is 11.5 Å². The van der Waals surface area contributed by atoms with E-state index in [0.717, 1.165) is 17.7 Å². The van der Waals surface area contributed by atoms with Crippen molar-refractivity contribution in [3.05, 3.63) is 60.4 Å². The Bertz CT molecular complexity index is 1500. The maximum atomic E-state index is 12.8. The number of halogens is 3. The van der Waals surface area contributed by atoms with Gasteiger partial charge in [-0.05, 0) is 82.1 Å². The summed E-state index contributed by atoms with van der Waals surface area (Å²) in [4.78, 5) is 22.8. The minimum Gasteiger partial charge on any atom is -0.457 e. The number of aromatic nitrogens is 4. The van der Waals surface area contributed by atoms with Gasteiger partial charge in [-0.3, -0.25) is 0 Å². The number of nitrogens with zero attached hydrogens (tertiary/aromatic N) is 5. The van der Waals surface area contributed by atoms with Crippen molar-refractivity contribution in [3.63, 3.8) is 0 Å². The van der Waals surface area contributed by atoms with Crippen LogP contribution < -0.4 is 10.5 Å². The molecule has 1 amide bonds. The molecule has 3 heterocycles. The zero-order valence-corrected chi connectivity index (χ0v) is 22.3. The summed E-state index contributed by atoms with van der Waals surface area (Å²) in [6, 6.07) is 11.5. The Kier molecular flexibility index (Phi) is 7.03. The number of piperidine rings is 1. The highest BCUT2D eigenvalue weighted by atomic mass is 19.4. The number of anilines is 1. The van der Waals surface area contributed by atoms with Crippen molar-refractivity contribution in [2.45, 2.75) is 51.4 Å². The second kappa shape index (κ2) is 10.3. The molecular formula is C28H29F3N6O3. The van der Waals surface area contributed by atoms with Crippen molar-refractivity contribution < 1.29 is 27.4 Å². The van der Waals surface area contributed by atoms with Crippen LogP contribution in [0, 0.1) is 0 Å². The van der Waals surface area contributed by atoms with E-state index in [-0.39, 0.29) is 17.9 Å². The fourth-order valence-electron chi connectivity index (χ4n) is 4.60. The van der Waals surface area contributed by atoms with Crippen molar-refractivity contribution >= 4 is 22.9 Å². The van der Waals surface area contributed by atoms with Gasteiger partial charge in [0.2, 0.25) is 0 Å². The van der Waals surface area contributed by atoms with Gasteiger partial charge in [-0.1, -0.05) is 0 Å². The summed E-state index contributed by atoms with van der Waals surface area (Å²) in [6.45, 7) is 6.56. The summed E-state index contributed by atoms with van der Waals surface area (Å²) >= 11 is 0. The lowest BCUT2D eigenvalue weighted by Gasteiger charge is -2.33. The first-order valence-electron chi connectivity index (χ1n) is 12.8. The Hall–Kier alpha value is -4.35. The summed E-state index contributed by atoms with van der Waals surface area (Å²) in [5.41, 5.74) is 6.90. The van der Waals surface area contributed by atoms with Crippen molar-refractivity contribution in [2.24, 2.45) is 0 Å². The van der Waals surface area contributed by atoms with Crippen LogP contribution in [0.25, 0.3) is 22.3 Å². The SMILES string of the molecule is CC(C)(C)OC(=O)N1CCC(n2nc(-c3ccc(Oc4ccc(C(F)(F)F)cc4)cc3)c3c(N)ncnc32)CC1. The number of hydrogen-bond acceptors (Lipinski definition) is 7. The van der Waals surface area contributed by atoms with E-state index in [9.17, 15) is 18.0 Å². The van der Waals surface area contributed by atoms with Crippen LogP contribution in [-0.4, -0.2) is 49.4 Å². The molecule has 1 aliphatic rings. The number of carbonyl (C=O) groups is 1. The number of nitrogen functional groups attached to an aromatic ring is 1. The highest BCUT2D eigenvalue weighted by Gasteiger charge is 2.31. The smallest absolute Gasteiger partial charge is 0.416 e. The Morgan fingerprint density at radius 1 is 0.950 bits per heavy atom. The molecule has 0 saturated carbocycles. The molecule has 2 aromatic carbocycles. The second-order valence-corrected chi connectivity index (χ2v) is 10.6. The van der Waals surface area contributed by atoms with E-state index in [1.807, 2.05) is 25.5 Å². The monoisotopic (exact) mass is 554 g/mol. The molecule has 40 heavy (non-hydrogen) atoms. The van der Waals surface area contributed by atoms with Crippen molar-refractivity contribution in [1.82, 2.24) is 24.6 Å². The van der Waals surface area contributed by atoms with Gasteiger partial charge < -0.3 is 20.1 Å². The third kappa shape index (κ3) is 5.80. The number of hydrogen-bond donors (Lipinski definition) is 1. The van der Waals surface area contributed by atoms with Gasteiger partial charge in [-0.2, -0.15) is 18.3 Å². The molecule has 12 heteroatoms. The predicted molar refractivity (Wildman–Crippen MR) is 143 cm³/mol. The molecule has 1 fully saturated rings. The van der Waals surface area contributed by atoms with E-state index in [0.29, 0.717) is 54.2 Å². The molecule has 1 aliphatic heterocycles. The number of ether oxygens (including phenoxy) is 2. The molecule has 4 aromatic rings. The number of likely N-dealkylation sites (tertiary alicyclic amines) is 1. The number of amides is 1. The van der Waals surface area contributed by atoms with Gasteiger partial charge in [0.15, 0.2) is 5.65 Å². The normalized spacial score (nSPS) is 14.9. The third-order valence-corrected chi connectivity index (χ3v) is 6.53. The van der Waals surface area contributed by atoms with E-state index in [2.05, 4.69) is 9.97 Å². The van der Waals surface area contributed by atoms with Gasteiger partial charge >= 0.3 is 12.3 Å². The molecule has 1 saturated heterocycles. The number of fused-ring (bicyclic) bond motifs is 1. The zero-order valence-electron chi connectivity index (χ0n) is 22.3. The molecule has 2 aromatic heterocycles. The molecule has 0 unspecified atom stereocenters. The van der Waals surface area contributed by atoms with E-state index in [1.54, 1.807) is 29.2 Å². The van der Waals surface area contributed by atoms with Crippen LogP contribution in [0.15, 0.2) is 54.9 Å². The summed E-state index contributed by atoms with van der Waals surface area (Å²) in [5, 5.41) is 5.49. The predicted octanol–water partition coefficient (Wildman–Crippen LogP) is 6.46. The van der Waals surface area contributed by atoms with Crippen molar-refractivity contribution in [2.75, 3.05) is 18.8 Å². The zero-order chi connectivity index (χ0) is 28.7. The average molecular weight is 555 g/mol. The van der Waals surface area contributed by atoms with Crippen molar-refractivity contribution in [3.8, 4) is 22.8 Å². The lowest BCUT2D eigenvalue weighted by atomic mass is 10.1. The molecule has 0 bridgehead atoms. The molecule has 0 spiro atoms. The van der Waals surface area contributed by atoms with E-state index in [1.165, 1.54) is 18.5 Å². The van der Waals surface area contributed by atoms with Gasteiger partial charge in [0, 0.05) is 18.7 Å². The number of nitrogens with two attached hydrogens (primary N) is 1.